The Hall–Kier alpha value is -2.42. The molecule has 106 valence electrons. The fourth-order valence-corrected chi connectivity index (χ4v) is 1.68. The van der Waals surface area contributed by atoms with Crippen molar-refractivity contribution in [3.05, 3.63) is 35.6 Å². The Morgan fingerprint density at radius 2 is 2.15 bits per heavy atom. The van der Waals surface area contributed by atoms with Gasteiger partial charge in [0.1, 0.15) is 11.9 Å². The van der Waals surface area contributed by atoms with Crippen LogP contribution in [0, 0.1) is 17.1 Å². The highest BCUT2D eigenvalue weighted by molar-refractivity contribution is 5.96. The zero-order valence-electron chi connectivity index (χ0n) is 10.8. The molecule has 1 amide bonds. The molecule has 0 fully saturated rings. The average Bonchev–Trinajstić information content (AvgIpc) is 2.41. The van der Waals surface area contributed by atoms with Gasteiger partial charge in [-0.3, -0.25) is 4.79 Å². The van der Waals surface area contributed by atoms with Crippen LogP contribution in [-0.4, -0.2) is 23.0 Å². The second kappa shape index (κ2) is 7.89. The van der Waals surface area contributed by atoms with Gasteiger partial charge in [-0.25, -0.2) is 9.18 Å². The van der Waals surface area contributed by atoms with Crippen LogP contribution in [0.1, 0.15) is 36.0 Å². The molecule has 1 aromatic carbocycles. The molecule has 1 atom stereocenters. The molecule has 2 N–H and O–H groups in total. The van der Waals surface area contributed by atoms with Crippen molar-refractivity contribution in [2.75, 3.05) is 0 Å². The maximum atomic E-state index is 13.0. The van der Waals surface area contributed by atoms with Gasteiger partial charge in [-0.1, -0.05) is 6.07 Å². The first-order valence-electron chi connectivity index (χ1n) is 6.20. The Labute approximate surface area is 116 Å². The van der Waals surface area contributed by atoms with Gasteiger partial charge >= 0.3 is 5.97 Å². The van der Waals surface area contributed by atoms with Gasteiger partial charge in [-0.15, -0.1) is 0 Å². The number of unbranched alkanes of at least 4 members (excludes halogenated alkanes) is 2. The monoisotopic (exact) mass is 278 g/mol. The Morgan fingerprint density at radius 3 is 2.75 bits per heavy atom. The molecule has 0 heterocycles. The van der Waals surface area contributed by atoms with E-state index in [1.54, 1.807) is 0 Å². The molecular formula is C14H15FN2O3. The van der Waals surface area contributed by atoms with Gasteiger partial charge in [0.25, 0.3) is 5.91 Å². The number of nitrogens with one attached hydrogen (secondary N) is 1. The second-order valence-corrected chi connectivity index (χ2v) is 4.28. The summed E-state index contributed by atoms with van der Waals surface area (Å²) in [6.45, 7) is 0. The van der Waals surface area contributed by atoms with E-state index in [1.807, 2.05) is 6.07 Å². The number of benzene rings is 1. The van der Waals surface area contributed by atoms with E-state index in [4.69, 9.17) is 10.4 Å². The smallest absolute Gasteiger partial charge is 0.326 e. The van der Waals surface area contributed by atoms with Crippen LogP contribution < -0.4 is 5.32 Å². The molecule has 20 heavy (non-hydrogen) atoms. The Balaban J connectivity index is 2.59. The van der Waals surface area contributed by atoms with Crippen LogP contribution in [0.4, 0.5) is 4.39 Å². The minimum Gasteiger partial charge on any atom is -0.480 e. The molecule has 1 rings (SSSR count). The lowest BCUT2D eigenvalue weighted by atomic mass is 10.1. The SMILES string of the molecule is N#CCCCC[C@H](NC(=O)c1cccc(F)c1)C(=O)O. The van der Waals surface area contributed by atoms with Crippen molar-refractivity contribution in [1.29, 1.82) is 5.26 Å². The summed E-state index contributed by atoms with van der Waals surface area (Å²) in [7, 11) is 0. The summed E-state index contributed by atoms with van der Waals surface area (Å²) in [6, 6.07) is 5.97. The number of halogens is 1. The molecule has 0 saturated carbocycles. The Morgan fingerprint density at radius 1 is 1.40 bits per heavy atom. The van der Waals surface area contributed by atoms with E-state index in [1.165, 1.54) is 18.2 Å². The molecule has 0 spiro atoms. The van der Waals surface area contributed by atoms with Gasteiger partial charge < -0.3 is 10.4 Å². The molecule has 0 aliphatic heterocycles. The van der Waals surface area contributed by atoms with E-state index in [0.717, 1.165) is 6.07 Å². The third-order valence-corrected chi connectivity index (χ3v) is 2.72. The van der Waals surface area contributed by atoms with Crippen LogP contribution in [0.3, 0.4) is 0 Å². The van der Waals surface area contributed by atoms with Crippen LogP contribution in [0.5, 0.6) is 0 Å². The quantitative estimate of drug-likeness (QED) is 0.747. The second-order valence-electron chi connectivity index (χ2n) is 4.28. The summed E-state index contributed by atoms with van der Waals surface area (Å²) in [6.07, 6.45) is 1.69. The van der Waals surface area contributed by atoms with Crippen molar-refractivity contribution in [3.63, 3.8) is 0 Å². The third kappa shape index (κ3) is 5.06. The highest BCUT2D eigenvalue weighted by Crippen LogP contribution is 2.07. The van der Waals surface area contributed by atoms with Gasteiger partial charge in [-0.2, -0.15) is 5.26 Å². The largest absolute Gasteiger partial charge is 0.480 e. The minimum absolute atomic E-state index is 0.0771. The predicted octanol–water partition coefficient (Wildman–Crippen LogP) is 2.09. The van der Waals surface area contributed by atoms with Crippen molar-refractivity contribution in [3.8, 4) is 6.07 Å². The molecule has 0 bridgehead atoms. The normalized spacial score (nSPS) is 11.4. The van der Waals surface area contributed by atoms with E-state index < -0.39 is 23.7 Å². The molecular weight excluding hydrogens is 263 g/mol. The first-order chi connectivity index (χ1) is 9.54. The summed E-state index contributed by atoms with van der Waals surface area (Å²) in [5.74, 6) is -2.33. The number of hydrogen-bond donors (Lipinski definition) is 2. The van der Waals surface area contributed by atoms with E-state index in [2.05, 4.69) is 5.32 Å². The van der Waals surface area contributed by atoms with E-state index in [0.29, 0.717) is 19.3 Å². The number of carbonyl (C=O) groups excluding carboxylic acids is 1. The molecule has 6 heteroatoms. The summed E-state index contributed by atoms with van der Waals surface area (Å²) in [4.78, 5) is 22.9. The molecule has 0 aliphatic rings. The Kier molecular flexibility index (Phi) is 6.17. The lowest BCUT2D eigenvalue weighted by Gasteiger charge is -2.14. The number of nitrogens with zero attached hydrogens (tertiary/aromatic N) is 1. The standard InChI is InChI=1S/C14H15FN2O3/c15-11-6-4-5-10(9-11)13(18)17-12(14(19)20)7-2-1-3-8-16/h4-6,9,12H,1-3,7H2,(H,17,18)(H,19,20)/t12-/m0/s1. The fraction of sp³-hybridized carbons (Fsp3) is 0.357. The third-order valence-electron chi connectivity index (χ3n) is 2.72. The molecule has 0 radical (unpaired) electrons. The number of hydrogen-bond acceptors (Lipinski definition) is 3. The van der Waals surface area contributed by atoms with Gasteiger partial charge in [0, 0.05) is 12.0 Å². The number of carboxylic acids is 1. The zero-order chi connectivity index (χ0) is 15.0. The van der Waals surface area contributed by atoms with Crippen LogP contribution in [0.15, 0.2) is 24.3 Å². The number of carboxylic acid groups (broad SMARTS) is 1. The molecule has 1 aromatic rings. The molecule has 0 unspecified atom stereocenters. The van der Waals surface area contributed by atoms with E-state index >= 15 is 0 Å². The topological polar surface area (TPSA) is 90.2 Å². The van der Waals surface area contributed by atoms with Gasteiger partial charge in [0.15, 0.2) is 0 Å². The van der Waals surface area contributed by atoms with Crippen molar-refractivity contribution in [2.24, 2.45) is 0 Å². The van der Waals surface area contributed by atoms with E-state index in [-0.39, 0.29) is 12.0 Å². The first-order valence-corrected chi connectivity index (χ1v) is 6.20. The zero-order valence-corrected chi connectivity index (χ0v) is 10.8. The van der Waals surface area contributed by atoms with Crippen LogP contribution in [-0.2, 0) is 4.79 Å². The number of aliphatic carboxylic acids is 1. The van der Waals surface area contributed by atoms with Crippen molar-refractivity contribution in [1.82, 2.24) is 5.32 Å². The molecule has 5 nitrogen and oxygen atoms in total. The first kappa shape index (κ1) is 15.6. The van der Waals surface area contributed by atoms with Crippen LogP contribution in [0.2, 0.25) is 0 Å². The number of amides is 1. The number of rotatable bonds is 7. The van der Waals surface area contributed by atoms with Gasteiger partial charge in [-0.05, 0) is 37.5 Å². The van der Waals surface area contributed by atoms with Crippen LogP contribution in [0.25, 0.3) is 0 Å². The lowest BCUT2D eigenvalue weighted by molar-refractivity contribution is -0.139. The fourth-order valence-electron chi connectivity index (χ4n) is 1.68. The van der Waals surface area contributed by atoms with Crippen molar-refractivity contribution < 1.29 is 19.1 Å². The number of nitriles is 1. The maximum absolute atomic E-state index is 13.0. The molecule has 0 aliphatic carbocycles. The summed E-state index contributed by atoms with van der Waals surface area (Å²) in [5, 5.41) is 19.8. The summed E-state index contributed by atoms with van der Waals surface area (Å²) < 4.78 is 13.0. The van der Waals surface area contributed by atoms with Gasteiger partial charge in [0.2, 0.25) is 0 Å². The lowest BCUT2D eigenvalue weighted by Crippen LogP contribution is -2.40. The highest BCUT2D eigenvalue weighted by Gasteiger charge is 2.20. The van der Waals surface area contributed by atoms with E-state index in [9.17, 15) is 14.0 Å². The average molecular weight is 278 g/mol. The van der Waals surface area contributed by atoms with Gasteiger partial charge in [0.05, 0.1) is 6.07 Å². The van der Waals surface area contributed by atoms with Crippen molar-refractivity contribution in [2.45, 2.75) is 31.7 Å². The maximum Gasteiger partial charge on any atom is 0.326 e. The summed E-state index contributed by atoms with van der Waals surface area (Å²) >= 11 is 0. The molecule has 0 saturated heterocycles. The minimum atomic E-state index is -1.15. The Bertz CT molecular complexity index is 525. The summed E-state index contributed by atoms with van der Waals surface area (Å²) in [5.41, 5.74) is 0.0771. The van der Waals surface area contributed by atoms with Crippen molar-refractivity contribution >= 4 is 11.9 Å². The van der Waals surface area contributed by atoms with Crippen LogP contribution >= 0.6 is 0 Å². The highest BCUT2D eigenvalue weighted by atomic mass is 19.1. The number of carbonyl (C=O) groups is 2. The predicted molar refractivity (Wildman–Crippen MR) is 69.4 cm³/mol. The molecule has 0 aromatic heterocycles.